The van der Waals surface area contributed by atoms with Gasteiger partial charge in [0.2, 0.25) is 0 Å². The molecule has 1 aromatic carbocycles. The van der Waals surface area contributed by atoms with Crippen LogP contribution < -0.4 is 0 Å². The second-order valence-electron chi connectivity index (χ2n) is 10.5. The van der Waals surface area contributed by atoms with Gasteiger partial charge in [-0.15, -0.1) is 0 Å². The van der Waals surface area contributed by atoms with Crippen molar-refractivity contribution in [3.8, 4) is 0 Å². The van der Waals surface area contributed by atoms with Crippen LogP contribution in [-0.2, 0) is 4.79 Å². The molecule has 31 heavy (non-hydrogen) atoms. The number of carbonyl (C=O) groups is 2. The molecular formula is C26H31NO4. The maximum atomic E-state index is 12.4. The number of aryl methyl sites for hydroxylation is 1. The Hall–Kier alpha value is -2.40. The maximum absolute atomic E-state index is 12.4. The van der Waals surface area contributed by atoms with Crippen molar-refractivity contribution in [1.29, 1.82) is 0 Å². The molecule has 1 unspecified atom stereocenters. The van der Waals surface area contributed by atoms with Crippen LogP contribution in [0.2, 0.25) is 0 Å². The standard InChI is InChI=1S/C26H31NO4/c1-17-3-4-19(22(28)29)15-20(17)18-5-7-24(2,8-6-18)21-16-25(21)11-13-27(14-12-25)23(30)26(31)9-10-26/h3-7,15,21,31H,8-14,16H2,1-2H3,(H,28,29)/t21-,24?/m1/s1. The van der Waals surface area contributed by atoms with Gasteiger partial charge < -0.3 is 15.1 Å². The summed E-state index contributed by atoms with van der Waals surface area (Å²) in [7, 11) is 0. The molecule has 2 N–H and O–H groups in total. The van der Waals surface area contributed by atoms with E-state index in [1.807, 2.05) is 17.9 Å². The van der Waals surface area contributed by atoms with Gasteiger partial charge in [-0.1, -0.05) is 31.2 Å². The zero-order chi connectivity index (χ0) is 22.0. The number of hydrogen-bond acceptors (Lipinski definition) is 3. The van der Waals surface area contributed by atoms with E-state index in [-0.39, 0.29) is 11.3 Å². The normalized spacial score (nSPS) is 30.1. The zero-order valence-corrected chi connectivity index (χ0v) is 18.4. The number of likely N-dealkylation sites (tertiary alicyclic amines) is 1. The molecule has 1 amide bonds. The van der Waals surface area contributed by atoms with Crippen LogP contribution in [0.1, 0.15) is 66.9 Å². The number of benzene rings is 1. The average molecular weight is 422 g/mol. The summed E-state index contributed by atoms with van der Waals surface area (Å²) in [5, 5.41) is 19.5. The number of hydrogen-bond donors (Lipinski definition) is 2. The fourth-order valence-electron chi connectivity index (χ4n) is 5.88. The van der Waals surface area contributed by atoms with Gasteiger partial charge in [-0.2, -0.15) is 0 Å². The van der Waals surface area contributed by atoms with Gasteiger partial charge in [0.1, 0.15) is 5.60 Å². The summed E-state index contributed by atoms with van der Waals surface area (Å²) in [5.74, 6) is -0.346. The number of piperidine rings is 1. The van der Waals surface area contributed by atoms with Crippen LogP contribution in [0.4, 0.5) is 0 Å². The first-order chi connectivity index (χ1) is 14.7. The topological polar surface area (TPSA) is 77.8 Å². The summed E-state index contributed by atoms with van der Waals surface area (Å²) in [6.45, 7) is 5.88. The number of carboxylic acid groups (broad SMARTS) is 1. The second kappa shape index (κ2) is 6.80. The molecule has 1 saturated heterocycles. The van der Waals surface area contributed by atoms with E-state index < -0.39 is 11.6 Å². The first-order valence-corrected chi connectivity index (χ1v) is 11.4. The van der Waals surface area contributed by atoms with Gasteiger partial charge in [0.05, 0.1) is 5.56 Å². The number of aliphatic hydroxyl groups is 1. The van der Waals surface area contributed by atoms with Crippen LogP contribution in [0.15, 0.2) is 36.4 Å². The van der Waals surface area contributed by atoms with Crippen molar-refractivity contribution in [3.05, 3.63) is 53.1 Å². The summed E-state index contributed by atoms with van der Waals surface area (Å²) in [6, 6.07) is 5.31. The van der Waals surface area contributed by atoms with Gasteiger partial charge in [0, 0.05) is 13.1 Å². The molecule has 4 aliphatic rings. The predicted octanol–water partition coefficient (Wildman–Crippen LogP) is 4.20. The third-order valence-corrected chi connectivity index (χ3v) is 8.35. The molecule has 0 bridgehead atoms. The lowest BCUT2D eigenvalue weighted by molar-refractivity contribution is -0.144. The summed E-state index contributed by atoms with van der Waals surface area (Å²) < 4.78 is 0. The van der Waals surface area contributed by atoms with Gasteiger partial charge in [-0.25, -0.2) is 4.79 Å². The molecule has 2 saturated carbocycles. The fourth-order valence-corrected chi connectivity index (χ4v) is 5.88. The highest BCUT2D eigenvalue weighted by atomic mass is 16.4. The molecule has 3 fully saturated rings. The number of aromatic carboxylic acids is 1. The van der Waals surface area contributed by atoms with Crippen LogP contribution in [0, 0.1) is 23.7 Å². The van der Waals surface area contributed by atoms with E-state index in [2.05, 4.69) is 25.2 Å². The van der Waals surface area contributed by atoms with E-state index in [1.165, 1.54) is 6.42 Å². The highest BCUT2D eigenvalue weighted by molar-refractivity contribution is 5.90. The minimum Gasteiger partial charge on any atom is -0.478 e. The Morgan fingerprint density at radius 1 is 1.13 bits per heavy atom. The third kappa shape index (κ3) is 3.43. The minimum atomic E-state index is -1.05. The van der Waals surface area contributed by atoms with Gasteiger partial charge in [0.25, 0.3) is 5.91 Å². The van der Waals surface area contributed by atoms with Crippen LogP contribution in [0.5, 0.6) is 0 Å². The Labute approximate surface area is 183 Å². The highest BCUT2D eigenvalue weighted by Gasteiger charge is 2.62. The molecule has 3 aliphatic carbocycles. The Kier molecular flexibility index (Phi) is 4.50. The van der Waals surface area contributed by atoms with Crippen molar-refractivity contribution in [2.45, 2.75) is 58.0 Å². The molecule has 1 spiro atoms. The van der Waals surface area contributed by atoms with Gasteiger partial charge >= 0.3 is 5.97 Å². The number of rotatable bonds is 4. The summed E-state index contributed by atoms with van der Waals surface area (Å²) in [6.07, 6.45) is 12.2. The molecule has 5 rings (SSSR count). The van der Waals surface area contributed by atoms with E-state index >= 15 is 0 Å². The molecular weight excluding hydrogens is 390 g/mol. The molecule has 0 radical (unpaired) electrons. The van der Waals surface area contributed by atoms with Crippen molar-refractivity contribution in [2.24, 2.45) is 16.7 Å². The van der Waals surface area contributed by atoms with E-state index in [9.17, 15) is 19.8 Å². The number of allylic oxidation sites excluding steroid dienone is 4. The molecule has 1 aromatic rings. The quantitative estimate of drug-likeness (QED) is 0.764. The van der Waals surface area contributed by atoms with Gasteiger partial charge in [0.15, 0.2) is 0 Å². The van der Waals surface area contributed by atoms with Crippen LogP contribution in [0.3, 0.4) is 0 Å². The van der Waals surface area contributed by atoms with E-state index in [1.54, 1.807) is 12.1 Å². The van der Waals surface area contributed by atoms with Crippen molar-refractivity contribution >= 4 is 17.4 Å². The summed E-state index contributed by atoms with van der Waals surface area (Å²) in [4.78, 5) is 25.7. The largest absolute Gasteiger partial charge is 0.478 e. The van der Waals surface area contributed by atoms with Crippen LogP contribution >= 0.6 is 0 Å². The number of carbonyl (C=O) groups excluding carboxylic acids is 1. The number of carboxylic acids is 1. The summed E-state index contributed by atoms with van der Waals surface area (Å²) in [5.41, 5.74) is 2.88. The molecule has 5 heteroatoms. The fraction of sp³-hybridized carbons (Fsp3) is 0.538. The number of nitrogens with zero attached hydrogens (tertiary/aromatic N) is 1. The molecule has 164 valence electrons. The van der Waals surface area contributed by atoms with Crippen LogP contribution in [0.25, 0.3) is 5.57 Å². The average Bonchev–Trinajstić information content (AvgIpc) is 3.67. The number of amides is 1. The lowest BCUT2D eigenvalue weighted by Gasteiger charge is -2.37. The molecule has 5 nitrogen and oxygen atoms in total. The predicted molar refractivity (Wildman–Crippen MR) is 119 cm³/mol. The first-order valence-electron chi connectivity index (χ1n) is 11.4. The van der Waals surface area contributed by atoms with Crippen molar-refractivity contribution in [3.63, 3.8) is 0 Å². The highest BCUT2D eigenvalue weighted by Crippen LogP contribution is 2.68. The molecule has 0 aromatic heterocycles. The van der Waals surface area contributed by atoms with Crippen LogP contribution in [-0.4, -0.2) is 45.7 Å². The second-order valence-corrected chi connectivity index (χ2v) is 10.5. The molecule has 1 aliphatic heterocycles. The van der Waals surface area contributed by atoms with Crippen molar-refractivity contribution < 1.29 is 19.8 Å². The maximum Gasteiger partial charge on any atom is 0.335 e. The lowest BCUT2D eigenvalue weighted by atomic mass is 9.72. The van der Waals surface area contributed by atoms with E-state index in [0.717, 1.165) is 49.1 Å². The monoisotopic (exact) mass is 421 g/mol. The molecule has 2 atom stereocenters. The van der Waals surface area contributed by atoms with Crippen molar-refractivity contribution in [1.82, 2.24) is 4.90 Å². The van der Waals surface area contributed by atoms with Crippen molar-refractivity contribution in [2.75, 3.05) is 13.1 Å². The minimum absolute atomic E-state index is 0.0603. The summed E-state index contributed by atoms with van der Waals surface area (Å²) >= 11 is 0. The Morgan fingerprint density at radius 2 is 1.84 bits per heavy atom. The smallest absolute Gasteiger partial charge is 0.335 e. The van der Waals surface area contributed by atoms with Gasteiger partial charge in [-0.3, -0.25) is 4.79 Å². The SMILES string of the molecule is Cc1ccc(C(=O)O)cc1C1=CCC(C)([C@H]2CC23CCN(C(=O)C2(O)CC2)CC3)C=C1. The van der Waals surface area contributed by atoms with E-state index in [4.69, 9.17) is 0 Å². The van der Waals surface area contributed by atoms with E-state index in [0.29, 0.717) is 29.7 Å². The first kappa shape index (κ1) is 20.5. The Bertz CT molecular complexity index is 1010. The zero-order valence-electron chi connectivity index (χ0n) is 18.4. The molecule has 1 heterocycles. The third-order valence-electron chi connectivity index (χ3n) is 8.35. The van der Waals surface area contributed by atoms with Gasteiger partial charge in [-0.05, 0) is 91.0 Å². The lowest BCUT2D eigenvalue weighted by Crippen LogP contribution is -2.46. The Balaban J connectivity index is 1.25. The Morgan fingerprint density at radius 3 is 2.42 bits per heavy atom.